The van der Waals surface area contributed by atoms with Crippen molar-refractivity contribution < 1.29 is 13.2 Å². The molecule has 1 aromatic rings. The van der Waals surface area contributed by atoms with Gasteiger partial charge in [0, 0.05) is 10.5 Å². The van der Waals surface area contributed by atoms with Crippen molar-refractivity contribution in [2.75, 3.05) is 11.8 Å². The molecule has 7 heteroatoms. The van der Waals surface area contributed by atoms with E-state index < -0.39 is 10.2 Å². The number of anilines is 1. The molecule has 0 amide bonds. The zero-order valence-electron chi connectivity index (χ0n) is 7.32. The summed E-state index contributed by atoms with van der Waals surface area (Å²) in [6.45, 7) is 0. The molecule has 5 nitrogen and oxygen atoms in total. The van der Waals surface area contributed by atoms with Crippen LogP contribution >= 0.6 is 15.9 Å². The Morgan fingerprint density at radius 3 is 2.64 bits per heavy atom. The third-order valence-electron chi connectivity index (χ3n) is 1.43. The lowest BCUT2D eigenvalue weighted by Crippen LogP contribution is -2.21. The fourth-order valence-electron chi connectivity index (χ4n) is 0.863. The molecule has 0 unspecified atom stereocenters. The molecule has 78 valence electrons. The van der Waals surface area contributed by atoms with E-state index in [4.69, 9.17) is 9.88 Å². The topological polar surface area (TPSA) is 81.4 Å². The predicted molar refractivity (Wildman–Crippen MR) is 57.4 cm³/mol. The highest BCUT2D eigenvalue weighted by atomic mass is 79.9. The molecule has 0 heterocycles. The van der Waals surface area contributed by atoms with Gasteiger partial charge in [-0.2, -0.15) is 8.42 Å². The van der Waals surface area contributed by atoms with Crippen molar-refractivity contribution >= 4 is 31.8 Å². The number of nitrogens with one attached hydrogen (secondary N) is 1. The van der Waals surface area contributed by atoms with Crippen LogP contribution in [-0.4, -0.2) is 15.5 Å². The third-order valence-corrected chi connectivity index (χ3v) is 2.62. The van der Waals surface area contributed by atoms with Gasteiger partial charge in [0.1, 0.15) is 5.75 Å². The van der Waals surface area contributed by atoms with Crippen molar-refractivity contribution in [2.24, 2.45) is 5.14 Å². The molecule has 0 bridgehead atoms. The van der Waals surface area contributed by atoms with Crippen molar-refractivity contribution in [1.29, 1.82) is 0 Å². The van der Waals surface area contributed by atoms with Crippen LogP contribution in [-0.2, 0) is 10.2 Å². The van der Waals surface area contributed by atoms with E-state index in [0.29, 0.717) is 15.9 Å². The summed E-state index contributed by atoms with van der Waals surface area (Å²) in [5, 5.41) is 4.83. The van der Waals surface area contributed by atoms with Crippen molar-refractivity contribution in [3.8, 4) is 5.75 Å². The van der Waals surface area contributed by atoms with Crippen molar-refractivity contribution in [3.05, 3.63) is 22.7 Å². The van der Waals surface area contributed by atoms with Crippen LogP contribution in [0.3, 0.4) is 0 Å². The van der Waals surface area contributed by atoms with Gasteiger partial charge >= 0.3 is 0 Å². The first-order chi connectivity index (χ1) is 6.42. The highest BCUT2D eigenvalue weighted by Gasteiger charge is 2.07. The summed E-state index contributed by atoms with van der Waals surface area (Å²) < 4.78 is 29.2. The molecule has 1 rings (SSSR count). The van der Waals surface area contributed by atoms with Gasteiger partial charge in [0.2, 0.25) is 0 Å². The second kappa shape index (κ2) is 4.16. The monoisotopic (exact) mass is 280 g/mol. The van der Waals surface area contributed by atoms with Gasteiger partial charge in [-0.05, 0) is 28.1 Å². The SMILES string of the molecule is COc1ccc(Br)c(NS(N)(=O)=O)c1. The average Bonchev–Trinajstić information content (AvgIpc) is 2.06. The van der Waals surface area contributed by atoms with Crippen molar-refractivity contribution in [2.45, 2.75) is 0 Å². The molecule has 1 aromatic carbocycles. The molecule has 0 radical (unpaired) electrons. The van der Waals surface area contributed by atoms with Crippen molar-refractivity contribution in [1.82, 2.24) is 0 Å². The zero-order chi connectivity index (χ0) is 10.8. The quantitative estimate of drug-likeness (QED) is 0.869. The second-order valence-corrected chi connectivity index (χ2v) is 4.64. The molecule has 0 aliphatic rings. The number of halogens is 1. The lowest BCUT2D eigenvalue weighted by molar-refractivity contribution is 0.415. The van der Waals surface area contributed by atoms with E-state index in [-0.39, 0.29) is 0 Å². The molecule has 0 aliphatic heterocycles. The maximum Gasteiger partial charge on any atom is 0.296 e. The molecular formula is C7H9BrN2O3S. The van der Waals surface area contributed by atoms with Crippen LogP contribution in [0.1, 0.15) is 0 Å². The zero-order valence-corrected chi connectivity index (χ0v) is 9.72. The molecule has 0 spiro atoms. The Balaban J connectivity index is 3.07. The van der Waals surface area contributed by atoms with Gasteiger partial charge in [-0.3, -0.25) is 4.72 Å². The van der Waals surface area contributed by atoms with E-state index in [0.717, 1.165) is 0 Å². The molecule has 0 saturated heterocycles. The summed E-state index contributed by atoms with van der Waals surface area (Å²) in [6, 6.07) is 4.87. The predicted octanol–water partition coefficient (Wildman–Crippen LogP) is 1.07. The minimum absolute atomic E-state index is 0.340. The van der Waals surface area contributed by atoms with Gasteiger partial charge in [0.15, 0.2) is 0 Å². The molecule has 0 atom stereocenters. The van der Waals surface area contributed by atoms with Crippen LogP contribution < -0.4 is 14.6 Å². The first-order valence-electron chi connectivity index (χ1n) is 3.56. The van der Waals surface area contributed by atoms with Crippen LogP contribution in [0.4, 0.5) is 5.69 Å². The molecule has 0 fully saturated rings. The normalized spacial score (nSPS) is 11.1. The molecular weight excluding hydrogens is 272 g/mol. The molecule has 14 heavy (non-hydrogen) atoms. The maximum absolute atomic E-state index is 10.8. The van der Waals surface area contributed by atoms with Crippen LogP contribution in [0.5, 0.6) is 5.75 Å². The average molecular weight is 281 g/mol. The number of rotatable bonds is 3. The Kier molecular flexibility index (Phi) is 3.35. The molecule has 0 aliphatic carbocycles. The summed E-state index contributed by atoms with van der Waals surface area (Å²) in [7, 11) is -2.27. The summed E-state index contributed by atoms with van der Waals surface area (Å²) in [5.41, 5.74) is 0.340. The first-order valence-corrected chi connectivity index (χ1v) is 5.90. The van der Waals surface area contributed by atoms with E-state index in [1.807, 2.05) is 0 Å². The fraction of sp³-hybridized carbons (Fsp3) is 0.143. The number of hydrogen-bond donors (Lipinski definition) is 2. The number of hydrogen-bond acceptors (Lipinski definition) is 3. The Bertz CT molecular complexity index is 433. The van der Waals surface area contributed by atoms with Crippen molar-refractivity contribution in [3.63, 3.8) is 0 Å². The van der Waals surface area contributed by atoms with Gasteiger partial charge in [-0.1, -0.05) is 0 Å². The van der Waals surface area contributed by atoms with E-state index in [1.165, 1.54) is 13.2 Å². The summed E-state index contributed by atoms with van der Waals surface area (Å²) in [4.78, 5) is 0. The smallest absolute Gasteiger partial charge is 0.296 e. The Hall–Kier alpha value is -0.790. The van der Waals surface area contributed by atoms with Gasteiger partial charge in [0.25, 0.3) is 10.2 Å². The first kappa shape index (κ1) is 11.3. The Labute approximate surface area is 90.6 Å². The lowest BCUT2D eigenvalue weighted by Gasteiger charge is -2.07. The lowest BCUT2D eigenvalue weighted by atomic mass is 10.3. The second-order valence-electron chi connectivity index (χ2n) is 2.49. The van der Waals surface area contributed by atoms with E-state index >= 15 is 0 Å². The number of ether oxygens (including phenoxy) is 1. The van der Waals surface area contributed by atoms with Gasteiger partial charge in [-0.15, -0.1) is 0 Å². The standard InChI is InChI=1S/C7H9BrN2O3S/c1-13-5-2-3-6(8)7(4-5)10-14(9,11)12/h2-4,10H,1H3,(H2,9,11,12). The fourth-order valence-corrected chi connectivity index (χ4v) is 1.82. The summed E-state index contributed by atoms with van der Waals surface area (Å²) in [5.74, 6) is 0.541. The highest BCUT2D eigenvalue weighted by molar-refractivity contribution is 9.10. The summed E-state index contributed by atoms with van der Waals surface area (Å²) in [6.07, 6.45) is 0. The minimum Gasteiger partial charge on any atom is -0.497 e. The van der Waals surface area contributed by atoms with Crippen LogP contribution in [0.25, 0.3) is 0 Å². The largest absolute Gasteiger partial charge is 0.497 e. The van der Waals surface area contributed by atoms with Crippen LogP contribution in [0, 0.1) is 0 Å². The molecule has 3 N–H and O–H groups in total. The maximum atomic E-state index is 10.8. The minimum atomic E-state index is -3.76. The molecule has 0 aromatic heterocycles. The third kappa shape index (κ3) is 3.17. The number of nitrogens with two attached hydrogens (primary N) is 1. The van der Waals surface area contributed by atoms with E-state index in [2.05, 4.69) is 20.7 Å². The Morgan fingerprint density at radius 2 is 2.14 bits per heavy atom. The summed E-state index contributed by atoms with van der Waals surface area (Å²) >= 11 is 3.17. The van der Waals surface area contributed by atoms with Gasteiger partial charge in [0.05, 0.1) is 12.8 Å². The van der Waals surface area contributed by atoms with Gasteiger partial charge in [-0.25, -0.2) is 5.14 Å². The number of benzene rings is 1. The van der Waals surface area contributed by atoms with E-state index in [1.54, 1.807) is 12.1 Å². The Morgan fingerprint density at radius 1 is 1.50 bits per heavy atom. The highest BCUT2D eigenvalue weighted by Crippen LogP contribution is 2.27. The molecule has 0 saturated carbocycles. The number of methoxy groups -OCH3 is 1. The van der Waals surface area contributed by atoms with E-state index in [9.17, 15) is 8.42 Å². The van der Waals surface area contributed by atoms with Gasteiger partial charge < -0.3 is 4.74 Å². The van der Waals surface area contributed by atoms with Crippen LogP contribution in [0.15, 0.2) is 22.7 Å². The van der Waals surface area contributed by atoms with Crippen LogP contribution in [0.2, 0.25) is 0 Å².